The van der Waals surface area contributed by atoms with Crippen molar-refractivity contribution in [2.24, 2.45) is 0 Å². The summed E-state index contributed by atoms with van der Waals surface area (Å²) in [5.41, 5.74) is 0.417. The lowest BCUT2D eigenvalue weighted by molar-refractivity contribution is 0.0620. The normalized spacial score (nSPS) is 31.7. The Balaban J connectivity index is 2.64. The molecule has 0 fully saturated rings. The third-order valence-electron chi connectivity index (χ3n) is 2.25. The van der Waals surface area contributed by atoms with Crippen LogP contribution in [0.3, 0.4) is 0 Å². The lowest BCUT2D eigenvalue weighted by atomic mass is 9.85. The van der Waals surface area contributed by atoms with Crippen LogP contribution < -0.4 is 0 Å². The molecule has 0 aliphatic heterocycles. The summed E-state index contributed by atoms with van der Waals surface area (Å²) >= 11 is 0. The van der Waals surface area contributed by atoms with Crippen molar-refractivity contribution >= 4 is 0 Å². The molecule has 0 saturated heterocycles. The van der Waals surface area contributed by atoms with Gasteiger partial charge in [-0.2, -0.15) is 0 Å². The first-order valence-electron chi connectivity index (χ1n) is 4.07. The highest BCUT2D eigenvalue weighted by Gasteiger charge is 2.27. The maximum atomic E-state index is 9.82. The predicted molar refractivity (Wildman–Crippen MR) is 44.4 cm³/mol. The largest absolute Gasteiger partial charge is 0.386 e. The van der Waals surface area contributed by atoms with Crippen LogP contribution in [0.5, 0.6) is 0 Å². The molecule has 64 valence electrons. The van der Waals surface area contributed by atoms with E-state index < -0.39 is 5.60 Å². The quantitative estimate of drug-likeness (QED) is 0.614. The summed E-state index contributed by atoms with van der Waals surface area (Å²) in [5, 5.41) is 9.82. The summed E-state index contributed by atoms with van der Waals surface area (Å²) in [7, 11) is 1.66. The van der Waals surface area contributed by atoms with Gasteiger partial charge in [-0.05, 0) is 31.8 Å². The molecule has 0 spiro atoms. The minimum atomic E-state index is -0.617. The maximum absolute atomic E-state index is 9.82. The highest BCUT2D eigenvalue weighted by molar-refractivity contribution is 5.18. The molecule has 1 aliphatic rings. The fourth-order valence-electron chi connectivity index (χ4n) is 1.47. The number of methoxy groups -OCH3 is 1. The van der Waals surface area contributed by atoms with Gasteiger partial charge in [-0.1, -0.05) is 6.08 Å². The standard InChI is InChI=1S/C9H16O2/c1-9(10)6-4-3-5-8(9)7-11-2/h5,10H,3-4,6-7H2,1-2H3. The Bertz CT molecular complexity index is 159. The van der Waals surface area contributed by atoms with Gasteiger partial charge in [0.15, 0.2) is 0 Å². The van der Waals surface area contributed by atoms with Gasteiger partial charge in [0.1, 0.15) is 0 Å². The van der Waals surface area contributed by atoms with Crippen molar-refractivity contribution in [3.63, 3.8) is 0 Å². The Morgan fingerprint density at radius 2 is 2.45 bits per heavy atom. The highest BCUT2D eigenvalue weighted by Crippen LogP contribution is 2.28. The van der Waals surface area contributed by atoms with Gasteiger partial charge < -0.3 is 9.84 Å². The van der Waals surface area contributed by atoms with E-state index in [0.717, 1.165) is 24.8 Å². The summed E-state index contributed by atoms with van der Waals surface area (Å²) < 4.78 is 4.99. The lowest BCUT2D eigenvalue weighted by Gasteiger charge is -2.29. The fraction of sp³-hybridized carbons (Fsp3) is 0.778. The van der Waals surface area contributed by atoms with Crippen LogP contribution >= 0.6 is 0 Å². The van der Waals surface area contributed by atoms with Crippen LogP contribution in [0.2, 0.25) is 0 Å². The molecule has 1 atom stereocenters. The fourth-order valence-corrected chi connectivity index (χ4v) is 1.47. The molecule has 0 aromatic rings. The summed E-state index contributed by atoms with van der Waals surface area (Å²) in [5.74, 6) is 0. The maximum Gasteiger partial charge on any atom is 0.0850 e. The minimum Gasteiger partial charge on any atom is -0.386 e. The van der Waals surface area contributed by atoms with Crippen molar-refractivity contribution in [2.45, 2.75) is 31.8 Å². The molecule has 1 rings (SSSR count). The number of hydrogen-bond donors (Lipinski definition) is 1. The molecule has 0 heterocycles. The van der Waals surface area contributed by atoms with E-state index in [-0.39, 0.29) is 0 Å². The van der Waals surface area contributed by atoms with Gasteiger partial charge in [0.05, 0.1) is 12.2 Å². The van der Waals surface area contributed by atoms with Crippen LogP contribution in [0.1, 0.15) is 26.2 Å². The van der Waals surface area contributed by atoms with Gasteiger partial charge in [0, 0.05) is 7.11 Å². The predicted octanol–water partition coefficient (Wildman–Crippen LogP) is 1.49. The van der Waals surface area contributed by atoms with Crippen molar-refractivity contribution in [3.05, 3.63) is 11.6 Å². The third kappa shape index (κ3) is 2.04. The molecule has 0 saturated carbocycles. The van der Waals surface area contributed by atoms with Crippen LogP contribution in [0.25, 0.3) is 0 Å². The smallest absolute Gasteiger partial charge is 0.0850 e. The number of hydrogen-bond acceptors (Lipinski definition) is 2. The molecule has 0 aromatic heterocycles. The van der Waals surface area contributed by atoms with E-state index in [2.05, 4.69) is 6.08 Å². The van der Waals surface area contributed by atoms with E-state index in [0.29, 0.717) is 6.61 Å². The van der Waals surface area contributed by atoms with E-state index >= 15 is 0 Å². The van der Waals surface area contributed by atoms with Crippen molar-refractivity contribution in [1.29, 1.82) is 0 Å². The molecule has 0 aromatic carbocycles. The van der Waals surface area contributed by atoms with Crippen molar-refractivity contribution in [3.8, 4) is 0 Å². The summed E-state index contributed by atoms with van der Waals surface area (Å²) in [6.07, 6.45) is 5.12. The molecule has 0 radical (unpaired) electrons. The van der Waals surface area contributed by atoms with Gasteiger partial charge in [0.25, 0.3) is 0 Å². The highest BCUT2D eigenvalue weighted by atomic mass is 16.5. The topological polar surface area (TPSA) is 29.5 Å². The van der Waals surface area contributed by atoms with E-state index in [1.165, 1.54) is 0 Å². The molecule has 2 nitrogen and oxygen atoms in total. The van der Waals surface area contributed by atoms with Crippen LogP contribution in [-0.4, -0.2) is 24.4 Å². The monoisotopic (exact) mass is 156 g/mol. The average Bonchev–Trinajstić information content (AvgIpc) is 1.94. The van der Waals surface area contributed by atoms with Crippen LogP contribution in [0.15, 0.2) is 11.6 Å². The van der Waals surface area contributed by atoms with Crippen LogP contribution in [0, 0.1) is 0 Å². The number of rotatable bonds is 2. The number of ether oxygens (including phenoxy) is 1. The molecule has 0 bridgehead atoms. The van der Waals surface area contributed by atoms with Gasteiger partial charge in [-0.25, -0.2) is 0 Å². The zero-order valence-corrected chi connectivity index (χ0v) is 7.26. The lowest BCUT2D eigenvalue weighted by Crippen LogP contribution is -2.31. The van der Waals surface area contributed by atoms with Crippen LogP contribution in [0.4, 0.5) is 0 Å². The van der Waals surface area contributed by atoms with Gasteiger partial charge in [-0.3, -0.25) is 0 Å². The summed E-state index contributed by atoms with van der Waals surface area (Å²) in [6, 6.07) is 0. The summed E-state index contributed by atoms with van der Waals surface area (Å²) in [4.78, 5) is 0. The second-order valence-electron chi connectivity index (χ2n) is 3.33. The van der Waals surface area contributed by atoms with Gasteiger partial charge >= 0.3 is 0 Å². The number of aliphatic hydroxyl groups is 1. The molecular formula is C9H16O2. The van der Waals surface area contributed by atoms with E-state index in [1.54, 1.807) is 7.11 Å². The first kappa shape index (κ1) is 8.75. The van der Waals surface area contributed by atoms with Crippen molar-refractivity contribution in [2.75, 3.05) is 13.7 Å². The van der Waals surface area contributed by atoms with E-state index in [1.807, 2.05) is 6.92 Å². The molecule has 1 N–H and O–H groups in total. The first-order chi connectivity index (χ1) is 5.17. The Morgan fingerprint density at radius 3 is 3.00 bits per heavy atom. The SMILES string of the molecule is COCC1=CCCCC1(C)O. The minimum absolute atomic E-state index is 0.562. The molecular weight excluding hydrogens is 140 g/mol. The van der Waals surface area contributed by atoms with Gasteiger partial charge in [-0.15, -0.1) is 0 Å². The second-order valence-corrected chi connectivity index (χ2v) is 3.33. The van der Waals surface area contributed by atoms with Gasteiger partial charge in [0.2, 0.25) is 0 Å². The third-order valence-corrected chi connectivity index (χ3v) is 2.25. The Labute approximate surface area is 67.9 Å². The molecule has 2 heteroatoms. The van der Waals surface area contributed by atoms with Crippen LogP contribution in [-0.2, 0) is 4.74 Å². The first-order valence-corrected chi connectivity index (χ1v) is 4.07. The molecule has 1 unspecified atom stereocenters. The second kappa shape index (κ2) is 3.37. The van der Waals surface area contributed by atoms with Crippen molar-refractivity contribution < 1.29 is 9.84 Å². The Hall–Kier alpha value is -0.340. The zero-order chi connectivity index (χ0) is 8.32. The Morgan fingerprint density at radius 1 is 1.73 bits per heavy atom. The summed E-state index contributed by atoms with van der Waals surface area (Å²) in [6.45, 7) is 2.42. The molecule has 11 heavy (non-hydrogen) atoms. The molecule has 0 amide bonds. The molecule has 1 aliphatic carbocycles. The number of allylic oxidation sites excluding steroid dienone is 1. The zero-order valence-electron chi connectivity index (χ0n) is 7.26. The average molecular weight is 156 g/mol. The Kier molecular flexibility index (Phi) is 2.68. The van der Waals surface area contributed by atoms with Crippen molar-refractivity contribution in [1.82, 2.24) is 0 Å². The van der Waals surface area contributed by atoms with E-state index in [4.69, 9.17) is 4.74 Å². The van der Waals surface area contributed by atoms with E-state index in [9.17, 15) is 5.11 Å².